The van der Waals surface area contributed by atoms with E-state index in [1.807, 2.05) is 36.4 Å². The van der Waals surface area contributed by atoms with Gasteiger partial charge in [-0.15, -0.1) is 0 Å². The van der Waals surface area contributed by atoms with Crippen molar-refractivity contribution < 1.29 is 23.7 Å². The van der Waals surface area contributed by atoms with Crippen LogP contribution in [0.25, 0.3) is 6.08 Å². The average molecular weight is 596 g/mol. The number of nitriles is 1. The number of thiazole rings is 1. The maximum absolute atomic E-state index is 14.0. The molecule has 43 heavy (non-hydrogen) atoms. The van der Waals surface area contributed by atoms with Gasteiger partial charge in [0.25, 0.3) is 5.56 Å². The fourth-order valence-corrected chi connectivity index (χ4v) is 5.88. The molecule has 0 spiro atoms. The second kappa shape index (κ2) is 12.8. The Balaban J connectivity index is 1.60. The van der Waals surface area contributed by atoms with Gasteiger partial charge >= 0.3 is 5.97 Å². The molecule has 0 unspecified atom stereocenters. The van der Waals surface area contributed by atoms with Crippen LogP contribution >= 0.6 is 11.3 Å². The van der Waals surface area contributed by atoms with Crippen molar-refractivity contribution in [2.45, 2.75) is 26.5 Å². The van der Waals surface area contributed by atoms with Gasteiger partial charge in [-0.05, 0) is 61.4 Å². The van der Waals surface area contributed by atoms with Crippen molar-refractivity contribution >= 4 is 23.4 Å². The highest BCUT2D eigenvalue weighted by atomic mass is 32.1. The number of methoxy groups -OCH3 is 2. The fourth-order valence-electron chi connectivity index (χ4n) is 4.84. The van der Waals surface area contributed by atoms with Crippen LogP contribution in [-0.2, 0) is 16.1 Å². The lowest BCUT2D eigenvalue weighted by Gasteiger charge is -2.25. The van der Waals surface area contributed by atoms with Crippen LogP contribution in [0, 0.1) is 11.3 Å². The third kappa shape index (κ3) is 5.94. The number of allylic oxidation sites excluding steroid dienone is 1. The van der Waals surface area contributed by atoms with Crippen molar-refractivity contribution in [1.82, 2.24) is 4.57 Å². The van der Waals surface area contributed by atoms with Gasteiger partial charge in [0, 0.05) is 5.56 Å². The molecule has 1 aromatic heterocycles. The minimum Gasteiger partial charge on any atom is -0.493 e. The molecule has 2 heterocycles. The summed E-state index contributed by atoms with van der Waals surface area (Å²) in [6.45, 7) is 3.94. The van der Waals surface area contributed by atoms with Crippen LogP contribution in [0.15, 0.2) is 87.8 Å². The zero-order valence-electron chi connectivity index (χ0n) is 24.1. The Morgan fingerprint density at radius 3 is 2.49 bits per heavy atom. The van der Waals surface area contributed by atoms with E-state index in [1.165, 1.54) is 23.0 Å². The number of carbonyl (C=O) groups is 1. The Kier molecular flexibility index (Phi) is 8.74. The fraction of sp³-hybridized carbons (Fsp3) is 0.212. The summed E-state index contributed by atoms with van der Waals surface area (Å²) in [5, 5.41) is 9.05. The molecule has 1 aliphatic heterocycles. The SMILES string of the molecule is CCOC(=O)C1=C(C)N=c2s/c(=C\c3ccccc3OCc3ccc(C#N)cc3)c(=O)n2[C@@H]1c1ccc(OC)c(OC)c1. The second-order valence-electron chi connectivity index (χ2n) is 9.55. The third-order valence-electron chi connectivity index (χ3n) is 6.92. The minimum absolute atomic E-state index is 0.179. The van der Waals surface area contributed by atoms with Gasteiger partial charge < -0.3 is 18.9 Å². The molecular weight excluding hydrogens is 566 g/mol. The van der Waals surface area contributed by atoms with Crippen molar-refractivity contribution in [2.24, 2.45) is 4.99 Å². The Hall–Kier alpha value is -5.14. The Morgan fingerprint density at radius 2 is 1.79 bits per heavy atom. The molecule has 0 saturated carbocycles. The highest BCUT2D eigenvalue weighted by Gasteiger charge is 2.34. The normalized spacial score (nSPS) is 14.4. The van der Waals surface area contributed by atoms with Crippen molar-refractivity contribution in [2.75, 3.05) is 20.8 Å². The van der Waals surface area contributed by atoms with Gasteiger partial charge in [0.15, 0.2) is 16.3 Å². The Bertz CT molecular complexity index is 1930. The number of fused-ring (bicyclic) bond motifs is 1. The number of carbonyl (C=O) groups excluding carboxylic acids is 1. The summed E-state index contributed by atoms with van der Waals surface area (Å²) in [5.74, 6) is 1.04. The second-order valence-corrected chi connectivity index (χ2v) is 10.6. The number of esters is 1. The van der Waals surface area contributed by atoms with Gasteiger partial charge in [-0.3, -0.25) is 9.36 Å². The molecule has 0 amide bonds. The molecular formula is C33H29N3O6S. The Labute approximate surface area is 252 Å². The lowest BCUT2D eigenvalue weighted by Crippen LogP contribution is -2.40. The van der Waals surface area contributed by atoms with Crippen LogP contribution in [0.4, 0.5) is 0 Å². The van der Waals surface area contributed by atoms with Crippen LogP contribution in [0.5, 0.6) is 17.2 Å². The largest absolute Gasteiger partial charge is 0.493 e. The molecule has 1 atom stereocenters. The lowest BCUT2D eigenvalue weighted by molar-refractivity contribution is -0.139. The van der Waals surface area contributed by atoms with Gasteiger partial charge in [-0.2, -0.15) is 5.26 Å². The molecule has 5 rings (SSSR count). The van der Waals surface area contributed by atoms with Crippen LogP contribution in [0.2, 0.25) is 0 Å². The Morgan fingerprint density at radius 1 is 1.05 bits per heavy atom. The first-order valence-electron chi connectivity index (χ1n) is 13.5. The van der Waals surface area contributed by atoms with E-state index in [9.17, 15) is 9.59 Å². The molecule has 0 N–H and O–H groups in total. The molecule has 1 aliphatic rings. The van der Waals surface area contributed by atoms with Gasteiger partial charge in [0.2, 0.25) is 0 Å². The van der Waals surface area contributed by atoms with Crippen molar-refractivity contribution in [3.8, 4) is 23.3 Å². The summed E-state index contributed by atoms with van der Waals surface area (Å²) in [5.41, 5.74) is 3.28. The topological polar surface area (TPSA) is 112 Å². The van der Waals surface area contributed by atoms with Crippen LogP contribution in [-0.4, -0.2) is 31.4 Å². The molecule has 0 bridgehead atoms. The van der Waals surface area contributed by atoms with Gasteiger partial charge in [0.05, 0.1) is 54.3 Å². The van der Waals surface area contributed by atoms with E-state index in [2.05, 4.69) is 11.1 Å². The number of ether oxygens (including phenoxy) is 4. The van der Waals surface area contributed by atoms with Crippen LogP contribution in [0.3, 0.4) is 0 Å². The molecule has 218 valence electrons. The van der Waals surface area contributed by atoms with Crippen LogP contribution in [0.1, 0.15) is 42.1 Å². The highest BCUT2D eigenvalue weighted by Crippen LogP contribution is 2.36. The molecule has 0 radical (unpaired) electrons. The smallest absolute Gasteiger partial charge is 0.338 e. The summed E-state index contributed by atoms with van der Waals surface area (Å²) < 4.78 is 24.4. The summed E-state index contributed by atoms with van der Waals surface area (Å²) in [7, 11) is 3.07. The molecule has 0 fully saturated rings. The molecule has 3 aromatic carbocycles. The number of aromatic nitrogens is 1. The van der Waals surface area contributed by atoms with E-state index in [0.29, 0.717) is 55.6 Å². The first-order valence-corrected chi connectivity index (χ1v) is 14.3. The first-order chi connectivity index (χ1) is 20.9. The lowest BCUT2D eigenvalue weighted by atomic mass is 9.95. The van der Waals surface area contributed by atoms with E-state index in [0.717, 1.165) is 5.56 Å². The summed E-state index contributed by atoms with van der Waals surface area (Å²) in [6, 6.07) is 21.2. The number of hydrogen-bond donors (Lipinski definition) is 0. The number of benzene rings is 3. The molecule has 0 saturated heterocycles. The zero-order chi connectivity index (χ0) is 30.5. The summed E-state index contributed by atoms with van der Waals surface area (Å²) in [6.07, 6.45) is 1.77. The average Bonchev–Trinajstić information content (AvgIpc) is 3.33. The van der Waals surface area contributed by atoms with Crippen molar-refractivity contribution in [1.29, 1.82) is 5.26 Å². The summed E-state index contributed by atoms with van der Waals surface area (Å²) in [4.78, 5) is 32.4. The van der Waals surface area contributed by atoms with E-state index in [4.69, 9.17) is 24.2 Å². The molecule has 4 aromatic rings. The van der Waals surface area contributed by atoms with Gasteiger partial charge in [-0.1, -0.05) is 47.7 Å². The van der Waals surface area contributed by atoms with Crippen molar-refractivity contribution in [3.63, 3.8) is 0 Å². The quantitative estimate of drug-likeness (QED) is 0.266. The van der Waals surface area contributed by atoms with Gasteiger partial charge in [0.1, 0.15) is 12.4 Å². The van der Waals surface area contributed by atoms with E-state index in [-0.39, 0.29) is 17.7 Å². The predicted octanol–water partition coefficient (Wildman–Crippen LogP) is 4.27. The van der Waals surface area contributed by atoms with Gasteiger partial charge in [-0.25, -0.2) is 9.79 Å². The molecule has 0 aliphatic carbocycles. The zero-order valence-corrected chi connectivity index (χ0v) is 24.9. The van der Waals surface area contributed by atoms with E-state index in [1.54, 1.807) is 57.4 Å². The number of nitrogens with zero attached hydrogens (tertiary/aromatic N) is 3. The summed E-state index contributed by atoms with van der Waals surface area (Å²) >= 11 is 1.23. The van der Waals surface area contributed by atoms with E-state index < -0.39 is 12.0 Å². The number of para-hydroxylation sites is 1. The highest BCUT2D eigenvalue weighted by molar-refractivity contribution is 7.07. The third-order valence-corrected chi connectivity index (χ3v) is 7.91. The van der Waals surface area contributed by atoms with E-state index >= 15 is 0 Å². The predicted molar refractivity (Wildman–Crippen MR) is 162 cm³/mol. The number of rotatable bonds is 9. The maximum Gasteiger partial charge on any atom is 0.338 e. The monoisotopic (exact) mass is 595 g/mol. The number of hydrogen-bond acceptors (Lipinski definition) is 9. The molecule has 10 heteroatoms. The van der Waals surface area contributed by atoms with Crippen LogP contribution < -0.4 is 29.1 Å². The molecule has 9 nitrogen and oxygen atoms in total. The standard InChI is InChI=1S/C33H29N3O6S/c1-5-41-32(38)29-20(2)35-33-36(30(29)24-14-15-26(39-3)27(16-24)40-4)31(37)28(43-33)17-23-8-6-7-9-25(23)42-19-22-12-10-21(18-34)11-13-22/h6-17,30H,5,19H2,1-4H3/b28-17-/t30-/m1/s1. The van der Waals surface area contributed by atoms with Crippen molar-refractivity contribution in [3.05, 3.63) is 120 Å². The first kappa shape index (κ1) is 29.4. The minimum atomic E-state index is -0.792. The maximum atomic E-state index is 14.0.